The molecule has 1 aliphatic heterocycles. The molecule has 34 heavy (non-hydrogen) atoms. The first kappa shape index (κ1) is 22.4. The number of carbonyl (C=O) groups excluding carboxylic acids is 1. The molecule has 1 aliphatic rings. The summed E-state index contributed by atoms with van der Waals surface area (Å²) >= 11 is 6.81. The summed E-state index contributed by atoms with van der Waals surface area (Å²) in [5.41, 5.74) is 2.66. The third kappa shape index (κ3) is 5.05. The maximum atomic E-state index is 13.0. The Morgan fingerprint density at radius 1 is 1.00 bits per heavy atom. The van der Waals surface area contributed by atoms with Crippen molar-refractivity contribution in [2.45, 2.75) is 25.7 Å². The van der Waals surface area contributed by atoms with Crippen LogP contribution in [-0.2, 0) is 11.2 Å². The number of H-pyrrole nitrogens is 1. The van der Waals surface area contributed by atoms with Gasteiger partial charge in [-0.25, -0.2) is 4.98 Å². The number of aromatic amines is 1. The molecule has 0 bridgehead atoms. The highest BCUT2D eigenvalue weighted by molar-refractivity contribution is 8.26. The fraction of sp³-hybridized carbons (Fsp3) is 0.200. The second-order valence-corrected chi connectivity index (χ2v) is 9.66. The number of carbonyl (C=O) groups is 1. The lowest BCUT2D eigenvalue weighted by Crippen LogP contribution is -2.29. The van der Waals surface area contributed by atoms with Crippen LogP contribution in [-0.4, -0.2) is 47.3 Å². The molecule has 1 amide bonds. The van der Waals surface area contributed by atoms with E-state index in [4.69, 9.17) is 17.2 Å². The standard InChI is InChI=1S/C25H22N6OS2/c32-24-22(34-25(33)31(24)14-5-1-2-11-23-27-29-30-28-23)16-20-9-6-10-21(26-20)19-13-12-17-7-3-4-8-18(17)15-19/h3-4,6-10,12-13,15-16H,1-2,5,11,14H2,(H,27,28,29,30)/b22-16-. The first-order valence-corrected chi connectivity index (χ1v) is 12.3. The van der Waals surface area contributed by atoms with Gasteiger partial charge >= 0.3 is 0 Å². The Hall–Kier alpha value is -3.43. The van der Waals surface area contributed by atoms with Gasteiger partial charge in [-0.2, -0.15) is 5.21 Å². The van der Waals surface area contributed by atoms with Gasteiger partial charge in [-0.05, 0) is 47.9 Å². The van der Waals surface area contributed by atoms with Gasteiger partial charge in [0.15, 0.2) is 5.82 Å². The normalized spacial score (nSPS) is 15.1. The molecule has 1 N–H and O–H groups in total. The zero-order valence-corrected chi connectivity index (χ0v) is 20.0. The third-order valence-electron chi connectivity index (χ3n) is 5.64. The number of hydrogen-bond donors (Lipinski definition) is 1. The van der Waals surface area contributed by atoms with Gasteiger partial charge in [-0.3, -0.25) is 9.69 Å². The van der Waals surface area contributed by atoms with Gasteiger partial charge in [0.1, 0.15) is 4.32 Å². The maximum Gasteiger partial charge on any atom is 0.266 e. The van der Waals surface area contributed by atoms with E-state index in [-0.39, 0.29) is 5.91 Å². The molecule has 7 nitrogen and oxygen atoms in total. The van der Waals surface area contributed by atoms with Crippen molar-refractivity contribution < 1.29 is 4.79 Å². The van der Waals surface area contributed by atoms with E-state index < -0.39 is 0 Å². The van der Waals surface area contributed by atoms with Crippen LogP contribution in [0.15, 0.2) is 65.6 Å². The fourth-order valence-electron chi connectivity index (χ4n) is 3.89. The summed E-state index contributed by atoms with van der Waals surface area (Å²) in [6.07, 6.45) is 5.37. The molecule has 2 aromatic carbocycles. The zero-order chi connectivity index (χ0) is 23.3. The Kier molecular flexibility index (Phi) is 6.73. The molecule has 0 saturated carbocycles. The van der Waals surface area contributed by atoms with Gasteiger partial charge in [-0.15, -0.1) is 10.2 Å². The summed E-state index contributed by atoms with van der Waals surface area (Å²) < 4.78 is 0.597. The number of rotatable bonds is 8. The molecule has 3 heterocycles. The van der Waals surface area contributed by atoms with Gasteiger partial charge < -0.3 is 0 Å². The highest BCUT2D eigenvalue weighted by Crippen LogP contribution is 2.33. The van der Waals surface area contributed by atoms with E-state index in [0.29, 0.717) is 21.6 Å². The maximum absolute atomic E-state index is 13.0. The molecule has 4 aromatic rings. The van der Waals surface area contributed by atoms with E-state index in [0.717, 1.165) is 42.6 Å². The minimum atomic E-state index is -0.0499. The Bertz CT molecular complexity index is 1370. The molecular formula is C25H22N6OS2. The number of nitrogens with zero attached hydrogens (tertiary/aromatic N) is 5. The van der Waals surface area contributed by atoms with Crippen molar-refractivity contribution >= 4 is 51.1 Å². The molecule has 0 atom stereocenters. The van der Waals surface area contributed by atoms with E-state index in [9.17, 15) is 4.79 Å². The number of aryl methyl sites for hydroxylation is 1. The molecule has 1 saturated heterocycles. The predicted octanol–water partition coefficient (Wildman–Crippen LogP) is 5.03. The first-order chi connectivity index (χ1) is 16.7. The molecular weight excluding hydrogens is 464 g/mol. The lowest BCUT2D eigenvalue weighted by Gasteiger charge is -2.13. The number of unbranched alkanes of at least 4 members (excludes halogenated alkanes) is 2. The van der Waals surface area contributed by atoms with Gasteiger partial charge in [0.2, 0.25) is 0 Å². The zero-order valence-electron chi connectivity index (χ0n) is 18.3. The molecule has 170 valence electrons. The molecule has 0 aliphatic carbocycles. The van der Waals surface area contributed by atoms with Crippen molar-refractivity contribution in [3.05, 3.63) is 77.1 Å². The number of tetrazole rings is 1. The Balaban J connectivity index is 1.24. The number of hydrogen-bond acceptors (Lipinski definition) is 7. The number of thiocarbonyl (C=S) groups is 1. The van der Waals surface area contributed by atoms with Crippen LogP contribution < -0.4 is 0 Å². The minimum absolute atomic E-state index is 0.0499. The predicted molar refractivity (Wildman–Crippen MR) is 139 cm³/mol. The number of amides is 1. The molecule has 2 aromatic heterocycles. The average Bonchev–Trinajstić information content (AvgIpc) is 3.47. The lowest BCUT2D eigenvalue weighted by molar-refractivity contribution is -0.122. The van der Waals surface area contributed by atoms with E-state index in [1.165, 1.54) is 22.5 Å². The summed E-state index contributed by atoms with van der Waals surface area (Å²) in [4.78, 5) is 20.0. The summed E-state index contributed by atoms with van der Waals surface area (Å²) in [6, 6.07) is 20.4. The second-order valence-electron chi connectivity index (χ2n) is 7.98. The van der Waals surface area contributed by atoms with Crippen LogP contribution in [0.5, 0.6) is 0 Å². The molecule has 0 unspecified atom stereocenters. The van der Waals surface area contributed by atoms with Gasteiger partial charge in [0, 0.05) is 18.5 Å². The molecule has 0 radical (unpaired) electrons. The number of pyridine rings is 1. The van der Waals surface area contributed by atoms with E-state index in [1.54, 1.807) is 4.90 Å². The topological polar surface area (TPSA) is 87.7 Å². The van der Waals surface area contributed by atoms with Gasteiger partial charge in [0.05, 0.1) is 16.3 Å². The third-order valence-corrected chi connectivity index (χ3v) is 7.02. The quantitative estimate of drug-likeness (QED) is 0.212. The monoisotopic (exact) mass is 486 g/mol. The van der Waals surface area contributed by atoms with Crippen LogP contribution in [0, 0.1) is 0 Å². The molecule has 9 heteroatoms. The first-order valence-electron chi connectivity index (χ1n) is 11.1. The van der Waals surface area contributed by atoms with Crippen molar-refractivity contribution in [2.75, 3.05) is 6.54 Å². The van der Waals surface area contributed by atoms with Gasteiger partial charge in [0.25, 0.3) is 5.91 Å². The largest absolute Gasteiger partial charge is 0.293 e. The van der Waals surface area contributed by atoms with Crippen LogP contribution in [0.25, 0.3) is 28.1 Å². The summed E-state index contributed by atoms with van der Waals surface area (Å²) in [7, 11) is 0. The number of thioether (sulfide) groups is 1. The molecule has 5 rings (SSSR count). The van der Waals surface area contributed by atoms with Crippen LogP contribution in [0.3, 0.4) is 0 Å². The van der Waals surface area contributed by atoms with Crippen molar-refractivity contribution in [3.63, 3.8) is 0 Å². The van der Waals surface area contributed by atoms with E-state index in [2.05, 4.69) is 51.0 Å². The smallest absolute Gasteiger partial charge is 0.266 e. The fourth-order valence-corrected chi connectivity index (χ4v) is 5.18. The lowest BCUT2D eigenvalue weighted by atomic mass is 10.0. The second kappa shape index (κ2) is 10.2. The van der Waals surface area contributed by atoms with E-state index >= 15 is 0 Å². The SMILES string of the molecule is O=C1/C(=C/c2cccc(-c3ccc4ccccc4c3)n2)SC(=S)N1CCCCCc1nn[nH]n1. The van der Waals surface area contributed by atoms with Crippen LogP contribution in [0.2, 0.25) is 0 Å². The highest BCUT2D eigenvalue weighted by Gasteiger charge is 2.31. The van der Waals surface area contributed by atoms with Crippen LogP contribution in [0.1, 0.15) is 30.8 Å². The van der Waals surface area contributed by atoms with Crippen molar-refractivity contribution in [2.24, 2.45) is 0 Å². The summed E-state index contributed by atoms with van der Waals surface area (Å²) in [5, 5.41) is 16.3. The Morgan fingerprint density at radius 2 is 1.88 bits per heavy atom. The minimum Gasteiger partial charge on any atom is -0.293 e. The highest BCUT2D eigenvalue weighted by atomic mass is 32.2. The van der Waals surface area contributed by atoms with Crippen molar-refractivity contribution in [1.82, 2.24) is 30.5 Å². The van der Waals surface area contributed by atoms with Crippen molar-refractivity contribution in [1.29, 1.82) is 0 Å². The Labute approximate surface area is 206 Å². The number of benzene rings is 2. The average molecular weight is 487 g/mol. The summed E-state index contributed by atoms with van der Waals surface area (Å²) in [5.74, 6) is 0.665. The van der Waals surface area contributed by atoms with Crippen molar-refractivity contribution in [3.8, 4) is 11.3 Å². The number of aromatic nitrogens is 5. The summed E-state index contributed by atoms with van der Waals surface area (Å²) in [6.45, 7) is 0.610. The van der Waals surface area contributed by atoms with Crippen LogP contribution in [0.4, 0.5) is 0 Å². The van der Waals surface area contributed by atoms with Gasteiger partial charge in [-0.1, -0.05) is 78.1 Å². The number of nitrogens with one attached hydrogen (secondary N) is 1. The van der Waals surface area contributed by atoms with Crippen LogP contribution >= 0.6 is 24.0 Å². The number of fused-ring (bicyclic) bond motifs is 1. The molecule has 1 fully saturated rings. The Morgan fingerprint density at radius 3 is 2.74 bits per heavy atom. The van der Waals surface area contributed by atoms with E-state index in [1.807, 2.05) is 36.4 Å². The molecule has 0 spiro atoms.